The summed E-state index contributed by atoms with van der Waals surface area (Å²) in [5.41, 5.74) is 0. The highest BCUT2D eigenvalue weighted by Gasteiger charge is 2.58. The van der Waals surface area contributed by atoms with Crippen LogP contribution in [0.5, 0.6) is 0 Å². The molecule has 0 unspecified atom stereocenters. The first-order chi connectivity index (χ1) is 6.57. The van der Waals surface area contributed by atoms with E-state index in [0.717, 1.165) is 0 Å². The largest absolute Gasteiger partial charge is 0.387 e. The van der Waals surface area contributed by atoms with Gasteiger partial charge in [0.25, 0.3) is 0 Å². The number of ether oxygens (including phenoxy) is 4. The summed E-state index contributed by atoms with van der Waals surface area (Å²) in [5.74, 6) is -0.661. The second-order valence-corrected chi connectivity index (χ2v) is 4.43. The van der Waals surface area contributed by atoms with Gasteiger partial charge in [0.2, 0.25) is 0 Å². The lowest BCUT2D eigenvalue weighted by Gasteiger charge is -2.21. The maximum Gasteiger partial charge on any atom is 0.190 e. The van der Waals surface area contributed by atoms with E-state index < -0.39 is 18.2 Å². The van der Waals surface area contributed by atoms with E-state index in [1.165, 1.54) is 0 Å². The van der Waals surface area contributed by atoms with E-state index in [1.807, 2.05) is 13.8 Å². The molecular formula is C9H14O5. The minimum absolute atomic E-state index is 0.0194. The van der Waals surface area contributed by atoms with Crippen molar-refractivity contribution in [2.24, 2.45) is 0 Å². The Balaban J connectivity index is 1.74. The summed E-state index contributed by atoms with van der Waals surface area (Å²) in [4.78, 5) is 0. The molecule has 0 amide bonds. The van der Waals surface area contributed by atoms with E-state index >= 15 is 0 Å². The smallest absolute Gasteiger partial charge is 0.190 e. The van der Waals surface area contributed by atoms with Gasteiger partial charge in [-0.2, -0.15) is 0 Å². The van der Waals surface area contributed by atoms with Crippen molar-refractivity contribution in [1.29, 1.82) is 0 Å². The van der Waals surface area contributed by atoms with Crippen molar-refractivity contribution in [3.8, 4) is 0 Å². The van der Waals surface area contributed by atoms with Crippen LogP contribution in [0.2, 0.25) is 0 Å². The number of hydrogen-bond donors (Lipinski definition) is 1. The van der Waals surface area contributed by atoms with E-state index in [-0.39, 0.29) is 18.3 Å². The maximum absolute atomic E-state index is 9.89. The third-order valence-electron chi connectivity index (χ3n) is 2.78. The van der Waals surface area contributed by atoms with E-state index in [4.69, 9.17) is 18.9 Å². The number of aliphatic hydroxyl groups is 1. The number of epoxide rings is 1. The first-order valence-corrected chi connectivity index (χ1v) is 4.88. The topological polar surface area (TPSA) is 60.5 Å². The van der Waals surface area contributed by atoms with E-state index in [9.17, 15) is 5.11 Å². The molecule has 0 saturated carbocycles. The van der Waals surface area contributed by atoms with Crippen LogP contribution in [0.4, 0.5) is 0 Å². The fourth-order valence-electron chi connectivity index (χ4n) is 2.07. The summed E-state index contributed by atoms with van der Waals surface area (Å²) in [6.07, 6.45) is -1.74. The van der Waals surface area contributed by atoms with Gasteiger partial charge < -0.3 is 24.1 Å². The molecule has 3 rings (SSSR count). The Morgan fingerprint density at radius 3 is 2.50 bits per heavy atom. The molecule has 1 N–H and O–H groups in total. The van der Waals surface area contributed by atoms with E-state index in [1.54, 1.807) is 0 Å². The average Bonchev–Trinajstić information content (AvgIpc) is 2.81. The Hall–Kier alpha value is -0.200. The zero-order valence-corrected chi connectivity index (χ0v) is 8.17. The summed E-state index contributed by atoms with van der Waals surface area (Å²) in [5, 5.41) is 9.89. The Labute approximate surface area is 81.9 Å². The fourth-order valence-corrected chi connectivity index (χ4v) is 2.07. The Morgan fingerprint density at radius 2 is 1.93 bits per heavy atom. The molecule has 0 spiro atoms. The van der Waals surface area contributed by atoms with Gasteiger partial charge in [-0.05, 0) is 13.8 Å². The minimum Gasteiger partial charge on any atom is -0.387 e. The van der Waals surface area contributed by atoms with Crippen LogP contribution in [0.15, 0.2) is 0 Å². The molecule has 3 fully saturated rings. The van der Waals surface area contributed by atoms with Crippen molar-refractivity contribution in [3.05, 3.63) is 0 Å². The van der Waals surface area contributed by atoms with Crippen molar-refractivity contribution in [1.82, 2.24) is 0 Å². The van der Waals surface area contributed by atoms with Crippen LogP contribution in [0.25, 0.3) is 0 Å². The van der Waals surface area contributed by atoms with Gasteiger partial charge in [-0.3, -0.25) is 0 Å². The Bertz CT molecular complexity index is 248. The zero-order valence-electron chi connectivity index (χ0n) is 8.17. The monoisotopic (exact) mass is 202 g/mol. The number of aliphatic hydroxyl groups excluding tert-OH is 1. The van der Waals surface area contributed by atoms with Crippen molar-refractivity contribution in [2.75, 3.05) is 6.61 Å². The molecule has 3 heterocycles. The average molecular weight is 202 g/mol. The summed E-state index contributed by atoms with van der Waals surface area (Å²) in [6.45, 7) is 4.28. The van der Waals surface area contributed by atoms with Gasteiger partial charge in [0.1, 0.15) is 24.4 Å². The first-order valence-electron chi connectivity index (χ1n) is 4.88. The zero-order chi connectivity index (χ0) is 9.92. The van der Waals surface area contributed by atoms with Crippen LogP contribution < -0.4 is 0 Å². The molecule has 0 aromatic carbocycles. The summed E-state index contributed by atoms with van der Waals surface area (Å²) < 4.78 is 21.7. The molecule has 0 radical (unpaired) electrons. The summed E-state index contributed by atoms with van der Waals surface area (Å²) >= 11 is 0. The van der Waals surface area contributed by atoms with Gasteiger partial charge >= 0.3 is 0 Å². The normalized spacial score (nSPS) is 54.6. The molecule has 80 valence electrons. The molecule has 0 aliphatic carbocycles. The molecule has 3 saturated heterocycles. The van der Waals surface area contributed by atoms with Crippen molar-refractivity contribution < 1.29 is 24.1 Å². The van der Waals surface area contributed by atoms with Gasteiger partial charge in [0, 0.05) is 0 Å². The molecule has 5 heteroatoms. The fraction of sp³-hybridized carbons (Fsp3) is 1.00. The molecule has 5 atom stereocenters. The van der Waals surface area contributed by atoms with Gasteiger partial charge in [-0.1, -0.05) is 0 Å². The van der Waals surface area contributed by atoms with Crippen LogP contribution in [-0.2, 0) is 18.9 Å². The third kappa shape index (κ3) is 1.28. The number of fused-ring (bicyclic) bond motifs is 1. The highest BCUT2D eigenvalue weighted by molar-refractivity contribution is 4.98. The second kappa shape index (κ2) is 2.68. The van der Waals surface area contributed by atoms with Crippen LogP contribution in [0.3, 0.4) is 0 Å². The predicted octanol–water partition coefficient (Wildman–Crippen LogP) is -0.378. The van der Waals surface area contributed by atoms with Crippen LogP contribution in [-0.4, -0.2) is 48.2 Å². The van der Waals surface area contributed by atoms with Gasteiger partial charge in [0.05, 0.1) is 6.61 Å². The van der Waals surface area contributed by atoms with E-state index in [2.05, 4.69) is 0 Å². The molecule has 0 aromatic heterocycles. The molecule has 0 bridgehead atoms. The lowest BCUT2D eigenvalue weighted by molar-refractivity contribution is -0.216. The van der Waals surface area contributed by atoms with Crippen LogP contribution >= 0.6 is 0 Å². The molecule has 5 nitrogen and oxygen atoms in total. The molecule has 14 heavy (non-hydrogen) atoms. The SMILES string of the molecule is CC1(C)O[C@H]2O[C@H]([C@@H]3CO3)[C@@H](O)[C@H]2O1. The standard InChI is InChI=1S/C9H14O5/c1-9(2)13-7-5(10)6(4-3-11-4)12-8(7)14-9/h4-8,10H,3H2,1-2H3/t4-,5+,6+,7+,8+/m0/s1. The van der Waals surface area contributed by atoms with Crippen molar-refractivity contribution in [2.45, 2.75) is 50.3 Å². The maximum atomic E-state index is 9.89. The number of rotatable bonds is 1. The lowest BCUT2D eigenvalue weighted by atomic mass is 10.1. The minimum atomic E-state index is -0.661. The van der Waals surface area contributed by atoms with Gasteiger partial charge in [-0.15, -0.1) is 0 Å². The summed E-state index contributed by atoms with van der Waals surface area (Å²) in [7, 11) is 0. The molecule has 3 aliphatic heterocycles. The van der Waals surface area contributed by atoms with E-state index in [0.29, 0.717) is 6.61 Å². The molecular weight excluding hydrogens is 188 g/mol. The Morgan fingerprint density at radius 1 is 1.21 bits per heavy atom. The van der Waals surface area contributed by atoms with Crippen molar-refractivity contribution >= 4 is 0 Å². The van der Waals surface area contributed by atoms with Crippen molar-refractivity contribution in [3.63, 3.8) is 0 Å². The number of hydrogen-bond acceptors (Lipinski definition) is 5. The Kier molecular flexibility index (Phi) is 1.73. The highest BCUT2D eigenvalue weighted by atomic mass is 16.8. The van der Waals surface area contributed by atoms with Gasteiger partial charge in [0.15, 0.2) is 12.1 Å². The summed E-state index contributed by atoms with van der Waals surface area (Å²) in [6, 6.07) is 0. The first kappa shape index (κ1) is 9.06. The highest BCUT2D eigenvalue weighted by Crippen LogP contribution is 2.40. The molecule has 3 aliphatic rings. The van der Waals surface area contributed by atoms with Crippen LogP contribution in [0.1, 0.15) is 13.8 Å². The van der Waals surface area contributed by atoms with Gasteiger partial charge in [-0.25, -0.2) is 0 Å². The molecule has 0 aromatic rings. The van der Waals surface area contributed by atoms with Crippen LogP contribution in [0, 0.1) is 0 Å². The predicted molar refractivity (Wildman–Crippen MR) is 44.4 cm³/mol. The lowest BCUT2D eigenvalue weighted by Crippen LogP contribution is -2.37. The second-order valence-electron chi connectivity index (χ2n) is 4.43. The quantitative estimate of drug-likeness (QED) is 0.587. The third-order valence-corrected chi connectivity index (χ3v) is 2.78.